The molecule has 2 N–H and O–H groups in total. The van der Waals surface area contributed by atoms with Crippen LogP contribution in [0.5, 0.6) is 11.5 Å². The molecule has 0 amide bonds. The lowest BCUT2D eigenvalue weighted by molar-refractivity contribution is 0.451. The van der Waals surface area contributed by atoms with Crippen LogP contribution >= 0.6 is 11.3 Å². The average molecular weight is 221 g/mol. The summed E-state index contributed by atoms with van der Waals surface area (Å²) in [6, 6.07) is 4.11. The molecule has 0 fully saturated rings. The van der Waals surface area contributed by atoms with E-state index in [1.54, 1.807) is 11.6 Å². The summed E-state index contributed by atoms with van der Waals surface area (Å²) in [5.74, 6) is -0.129. The van der Waals surface area contributed by atoms with Gasteiger partial charge in [-0.15, -0.1) is 21.6 Å². The van der Waals surface area contributed by atoms with Gasteiger partial charge < -0.3 is 10.2 Å². The van der Waals surface area contributed by atoms with Gasteiger partial charge in [0.15, 0.2) is 0 Å². The van der Waals surface area contributed by atoms with Gasteiger partial charge in [0, 0.05) is 17.6 Å². The Morgan fingerprint density at radius 1 is 1.20 bits per heavy atom. The lowest BCUT2D eigenvalue weighted by atomic mass is 10.3. The summed E-state index contributed by atoms with van der Waals surface area (Å²) in [6.07, 6.45) is 1.62. The van der Waals surface area contributed by atoms with Crippen LogP contribution in [0, 0.1) is 0 Å². The number of hydrogen-bond acceptors (Lipinski definition) is 6. The minimum absolute atomic E-state index is 0.0132. The molecule has 0 spiro atoms. The summed E-state index contributed by atoms with van der Waals surface area (Å²) < 4.78 is 0. The number of phenols is 2. The van der Waals surface area contributed by atoms with Crippen LogP contribution in [0.1, 0.15) is 0 Å². The highest BCUT2D eigenvalue weighted by atomic mass is 32.1. The van der Waals surface area contributed by atoms with E-state index in [0.29, 0.717) is 10.8 Å². The fraction of sp³-hybridized carbons (Fsp3) is 0. The van der Waals surface area contributed by atoms with Gasteiger partial charge in [-0.3, -0.25) is 0 Å². The largest absolute Gasteiger partial charge is 0.508 e. The molecule has 1 heterocycles. The quantitative estimate of drug-likeness (QED) is 0.765. The number of aromatic hydroxyl groups is 2. The molecule has 1 aromatic heterocycles. The van der Waals surface area contributed by atoms with Crippen LogP contribution in [-0.4, -0.2) is 15.2 Å². The molecule has 15 heavy (non-hydrogen) atoms. The van der Waals surface area contributed by atoms with E-state index in [1.807, 2.05) is 0 Å². The van der Waals surface area contributed by atoms with Gasteiger partial charge in [0.05, 0.1) is 0 Å². The average Bonchev–Trinajstić information content (AvgIpc) is 2.69. The molecule has 0 aliphatic heterocycles. The standard InChI is InChI=1S/C9H7N3O2S/c13-6-1-2-7(8(14)5-6)11-12-9-10-3-4-15-9/h1-5,13-14H/b12-11+. The number of phenolic OH excluding ortho intramolecular Hbond substituents is 2. The van der Waals surface area contributed by atoms with Crippen LogP contribution in [-0.2, 0) is 0 Å². The van der Waals surface area contributed by atoms with Gasteiger partial charge in [0.2, 0.25) is 5.13 Å². The summed E-state index contributed by atoms with van der Waals surface area (Å²) in [6.45, 7) is 0. The molecule has 2 rings (SSSR count). The van der Waals surface area contributed by atoms with E-state index < -0.39 is 0 Å². The molecule has 0 atom stereocenters. The molecular weight excluding hydrogens is 214 g/mol. The number of benzene rings is 1. The van der Waals surface area contributed by atoms with Gasteiger partial charge in [-0.05, 0) is 12.1 Å². The fourth-order valence-electron chi connectivity index (χ4n) is 0.958. The highest BCUT2D eigenvalue weighted by Gasteiger charge is 2.00. The summed E-state index contributed by atoms with van der Waals surface area (Å²) in [4.78, 5) is 3.91. The molecule has 2 aromatic rings. The van der Waals surface area contributed by atoms with Crippen LogP contribution in [0.4, 0.5) is 10.8 Å². The van der Waals surface area contributed by atoms with Crippen molar-refractivity contribution in [1.82, 2.24) is 4.98 Å². The topological polar surface area (TPSA) is 78.1 Å². The van der Waals surface area contributed by atoms with E-state index in [9.17, 15) is 5.11 Å². The Kier molecular flexibility index (Phi) is 2.59. The van der Waals surface area contributed by atoms with E-state index in [0.717, 1.165) is 0 Å². The van der Waals surface area contributed by atoms with Crippen LogP contribution in [0.25, 0.3) is 0 Å². The van der Waals surface area contributed by atoms with E-state index in [1.165, 1.54) is 29.5 Å². The Bertz CT molecular complexity index is 482. The van der Waals surface area contributed by atoms with Crippen molar-refractivity contribution in [3.63, 3.8) is 0 Å². The zero-order valence-electron chi connectivity index (χ0n) is 7.53. The molecule has 0 unspecified atom stereocenters. The maximum absolute atomic E-state index is 9.39. The maximum atomic E-state index is 9.39. The smallest absolute Gasteiger partial charge is 0.229 e. The van der Waals surface area contributed by atoms with Crippen molar-refractivity contribution in [2.45, 2.75) is 0 Å². The highest BCUT2D eigenvalue weighted by molar-refractivity contribution is 7.13. The Morgan fingerprint density at radius 3 is 2.73 bits per heavy atom. The van der Waals surface area contributed by atoms with Crippen molar-refractivity contribution >= 4 is 22.2 Å². The third kappa shape index (κ3) is 2.29. The van der Waals surface area contributed by atoms with E-state index >= 15 is 0 Å². The fourth-order valence-corrected chi connectivity index (χ4v) is 1.41. The van der Waals surface area contributed by atoms with Gasteiger partial charge >= 0.3 is 0 Å². The summed E-state index contributed by atoms with van der Waals surface area (Å²) in [5, 5.41) is 28.4. The van der Waals surface area contributed by atoms with Crippen LogP contribution in [0.2, 0.25) is 0 Å². The Morgan fingerprint density at radius 2 is 2.07 bits per heavy atom. The predicted molar refractivity (Wildman–Crippen MR) is 56.1 cm³/mol. The molecule has 0 bridgehead atoms. The normalized spacial score (nSPS) is 10.9. The first kappa shape index (κ1) is 9.60. The molecule has 0 radical (unpaired) electrons. The second kappa shape index (κ2) is 4.05. The molecule has 1 aromatic carbocycles. The van der Waals surface area contributed by atoms with E-state index in [4.69, 9.17) is 5.11 Å². The second-order valence-corrected chi connectivity index (χ2v) is 3.56. The predicted octanol–water partition coefficient (Wildman–Crippen LogP) is 2.97. The van der Waals surface area contributed by atoms with E-state index in [2.05, 4.69) is 15.2 Å². The van der Waals surface area contributed by atoms with Gasteiger partial charge in [-0.25, -0.2) is 4.98 Å². The molecule has 0 saturated heterocycles. The molecular formula is C9H7N3O2S. The SMILES string of the molecule is Oc1ccc(/N=N/c2nccs2)c(O)c1. The summed E-state index contributed by atoms with van der Waals surface area (Å²) >= 11 is 1.35. The molecule has 0 aliphatic carbocycles. The summed E-state index contributed by atoms with van der Waals surface area (Å²) in [5.41, 5.74) is 0.294. The zero-order valence-corrected chi connectivity index (χ0v) is 8.35. The van der Waals surface area contributed by atoms with Crippen LogP contribution in [0.3, 0.4) is 0 Å². The Balaban J connectivity index is 2.24. The lowest BCUT2D eigenvalue weighted by Gasteiger charge is -1.96. The third-order valence-corrected chi connectivity index (χ3v) is 2.28. The number of nitrogens with zero attached hydrogens (tertiary/aromatic N) is 3. The maximum Gasteiger partial charge on any atom is 0.229 e. The van der Waals surface area contributed by atoms with Crippen molar-refractivity contribution in [3.05, 3.63) is 29.8 Å². The second-order valence-electron chi connectivity index (χ2n) is 2.69. The molecule has 6 heteroatoms. The number of hydrogen-bond donors (Lipinski definition) is 2. The first-order valence-electron chi connectivity index (χ1n) is 4.09. The van der Waals surface area contributed by atoms with Crippen molar-refractivity contribution in [1.29, 1.82) is 0 Å². The number of thiazole rings is 1. The monoisotopic (exact) mass is 221 g/mol. The van der Waals surface area contributed by atoms with Crippen LogP contribution in [0.15, 0.2) is 40.0 Å². The van der Waals surface area contributed by atoms with Gasteiger partial charge in [0.1, 0.15) is 17.2 Å². The molecule has 5 nitrogen and oxygen atoms in total. The van der Waals surface area contributed by atoms with Crippen molar-refractivity contribution in [3.8, 4) is 11.5 Å². The van der Waals surface area contributed by atoms with Crippen LogP contribution < -0.4 is 0 Å². The third-order valence-electron chi connectivity index (χ3n) is 1.62. The van der Waals surface area contributed by atoms with E-state index in [-0.39, 0.29) is 11.5 Å². The minimum atomic E-state index is -0.115. The molecule has 0 aliphatic rings. The first-order chi connectivity index (χ1) is 7.25. The molecule has 76 valence electrons. The number of aromatic nitrogens is 1. The molecule has 0 saturated carbocycles. The van der Waals surface area contributed by atoms with Gasteiger partial charge in [0.25, 0.3) is 0 Å². The Labute approximate surface area is 89.4 Å². The van der Waals surface area contributed by atoms with Gasteiger partial charge in [-0.2, -0.15) is 0 Å². The van der Waals surface area contributed by atoms with Crippen molar-refractivity contribution < 1.29 is 10.2 Å². The highest BCUT2D eigenvalue weighted by Crippen LogP contribution is 2.31. The number of rotatable bonds is 2. The lowest BCUT2D eigenvalue weighted by Crippen LogP contribution is -1.68. The minimum Gasteiger partial charge on any atom is -0.508 e. The first-order valence-corrected chi connectivity index (χ1v) is 4.97. The summed E-state index contributed by atoms with van der Waals surface area (Å²) in [7, 11) is 0. The van der Waals surface area contributed by atoms with Gasteiger partial charge in [-0.1, -0.05) is 0 Å². The zero-order chi connectivity index (χ0) is 10.7. The Hall–Kier alpha value is -1.95. The van der Waals surface area contributed by atoms with Crippen molar-refractivity contribution in [2.24, 2.45) is 10.2 Å². The van der Waals surface area contributed by atoms with Crippen molar-refractivity contribution in [2.75, 3.05) is 0 Å². The number of azo groups is 1.